The number of nitrogens with one attached hydrogen (secondary N) is 2. The maximum atomic E-state index is 12.0. The Morgan fingerprint density at radius 2 is 2.14 bits per heavy atom. The molecule has 1 unspecified atom stereocenters. The van der Waals surface area contributed by atoms with E-state index in [1.807, 2.05) is 31.3 Å². The Morgan fingerprint density at radius 3 is 2.86 bits per heavy atom. The summed E-state index contributed by atoms with van der Waals surface area (Å²) in [4.78, 5) is 13.2. The molecule has 5 heteroatoms. The summed E-state index contributed by atoms with van der Waals surface area (Å²) in [6.07, 6.45) is 0.777. The zero-order valence-corrected chi connectivity index (χ0v) is 13.9. The molecule has 118 valence electrons. The normalized spacial score (nSPS) is 11.9. The van der Waals surface area contributed by atoms with E-state index < -0.39 is 0 Å². The molecule has 22 heavy (non-hydrogen) atoms. The highest BCUT2D eigenvalue weighted by atomic mass is 32.1. The molecule has 0 spiro atoms. The lowest BCUT2D eigenvalue weighted by atomic mass is 10.1. The summed E-state index contributed by atoms with van der Waals surface area (Å²) in [5.74, 6) is 0.958. The van der Waals surface area contributed by atoms with Gasteiger partial charge in [0, 0.05) is 12.1 Å². The van der Waals surface area contributed by atoms with Gasteiger partial charge in [-0.3, -0.25) is 4.79 Å². The summed E-state index contributed by atoms with van der Waals surface area (Å²) in [6, 6.07) is 10.0. The Labute approximate surface area is 135 Å². The monoisotopic (exact) mass is 319 g/mol. The third-order valence-electron chi connectivity index (χ3n) is 3.46. The largest absolute Gasteiger partial charge is 0.496 e. The molecule has 0 saturated carbocycles. The lowest BCUT2D eigenvalue weighted by molar-refractivity contribution is -0.885. The molecule has 0 aliphatic heterocycles. The Morgan fingerprint density at radius 1 is 1.32 bits per heavy atom. The summed E-state index contributed by atoms with van der Waals surface area (Å²) in [5.41, 5.74) is 2.40. The van der Waals surface area contributed by atoms with E-state index in [1.165, 1.54) is 10.5 Å². The van der Waals surface area contributed by atoms with Crippen LogP contribution in [0.3, 0.4) is 0 Å². The van der Waals surface area contributed by atoms with Gasteiger partial charge in [0.05, 0.1) is 14.2 Å². The Hall–Kier alpha value is -1.85. The van der Waals surface area contributed by atoms with E-state index in [-0.39, 0.29) is 5.91 Å². The lowest BCUT2D eigenvalue weighted by Gasteiger charge is -2.13. The summed E-state index contributed by atoms with van der Waals surface area (Å²) in [7, 11) is 3.71. The first-order valence-electron chi connectivity index (χ1n) is 7.40. The number of carbonyl (C=O) groups excluding carboxylic acids is 1. The minimum Gasteiger partial charge on any atom is -0.496 e. The van der Waals surface area contributed by atoms with Crippen LogP contribution in [0, 0.1) is 0 Å². The highest BCUT2D eigenvalue weighted by Crippen LogP contribution is 2.17. The standard InChI is InChI=1S/C17H22N2O2S/c1-19(11-14-8-10-22-13-14)12-17(20)18-9-7-15-5-3-4-6-16(15)21-2/h3-6,8,10,13H,7,9,11-12H2,1-2H3,(H,18,20)/p+1. The molecule has 0 aliphatic carbocycles. The van der Waals surface area contributed by atoms with Crippen LogP contribution in [0.15, 0.2) is 41.1 Å². The van der Waals surface area contributed by atoms with Crippen molar-refractivity contribution in [3.63, 3.8) is 0 Å². The molecule has 2 rings (SSSR count). The maximum Gasteiger partial charge on any atom is 0.275 e. The highest BCUT2D eigenvalue weighted by Gasteiger charge is 2.10. The van der Waals surface area contributed by atoms with E-state index in [1.54, 1.807) is 18.4 Å². The van der Waals surface area contributed by atoms with Crippen molar-refractivity contribution in [2.45, 2.75) is 13.0 Å². The van der Waals surface area contributed by atoms with Crippen molar-refractivity contribution < 1.29 is 14.4 Å². The second kappa shape index (κ2) is 8.56. The van der Waals surface area contributed by atoms with E-state index >= 15 is 0 Å². The molecule has 0 radical (unpaired) electrons. The molecule has 2 N–H and O–H groups in total. The topological polar surface area (TPSA) is 42.8 Å². The highest BCUT2D eigenvalue weighted by molar-refractivity contribution is 7.07. The number of hydrogen-bond acceptors (Lipinski definition) is 3. The second-order valence-corrected chi connectivity index (χ2v) is 6.13. The third kappa shape index (κ3) is 5.16. The minimum absolute atomic E-state index is 0.0858. The van der Waals surface area contributed by atoms with E-state index in [9.17, 15) is 4.79 Å². The molecular formula is C17H23N2O2S+. The Balaban J connectivity index is 1.71. The van der Waals surface area contributed by atoms with Gasteiger partial charge in [0.15, 0.2) is 6.54 Å². The quantitative estimate of drug-likeness (QED) is 0.766. The molecule has 0 saturated heterocycles. The molecule has 0 aliphatic rings. The van der Waals surface area contributed by atoms with Crippen molar-refractivity contribution in [2.75, 3.05) is 27.2 Å². The van der Waals surface area contributed by atoms with Gasteiger partial charge in [-0.1, -0.05) is 18.2 Å². The van der Waals surface area contributed by atoms with Crippen LogP contribution in [0.4, 0.5) is 0 Å². The number of thiophene rings is 1. The molecule has 1 atom stereocenters. The zero-order chi connectivity index (χ0) is 15.8. The van der Waals surface area contributed by atoms with E-state index in [2.05, 4.69) is 22.1 Å². The first-order chi connectivity index (χ1) is 10.7. The fourth-order valence-electron chi connectivity index (χ4n) is 2.39. The van der Waals surface area contributed by atoms with Crippen molar-refractivity contribution in [3.8, 4) is 5.75 Å². The van der Waals surface area contributed by atoms with Crippen molar-refractivity contribution in [1.29, 1.82) is 0 Å². The summed E-state index contributed by atoms with van der Waals surface area (Å²) >= 11 is 1.69. The first kappa shape index (κ1) is 16.5. The maximum absolute atomic E-state index is 12.0. The number of likely N-dealkylation sites (N-methyl/N-ethyl adjacent to an activating group) is 1. The second-order valence-electron chi connectivity index (χ2n) is 5.35. The van der Waals surface area contributed by atoms with Gasteiger partial charge in [-0.15, -0.1) is 0 Å². The number of methoxy groups -OCH3 is 1. The van der Waals surface area contributed by atoms with E-state index in [0.717, 1.165) is 24.3 Å². The number of amides is 1. The van der Waals surface area contributed by atoms with Crippen LogP contribution in [0.25, 0.3) is 0 Å². The smallest absolute Gasteiger partial charge is 0.275 e. The van der Waals surface area contributed by atoms with Crippen molar-refractivity contribution in [3.05, 3.63) is 52.2 Å². The van der Waals surface area contributed by atoms with E-state index in [4.69, 9.17) is 4.74 Å². The van der Waals surface area contributed by atoms with Gasteiger partial charge in [-0.2, -0.15) is 11.3 Å². The van der Waals surface area contributed by atoms with Crippen LogP contribution < -0.4 is 15.0 Å². The van der Waals surface area contributed by atoms with Gasteiger partial charge in [0.25, 0.3) is 5.91 Å². The molecule has 1 aromatic carbocycles. The van der Waals surface area contributed by atoms with Crippen molar-refractivity contribution in [1.82, 2.24) is 5.32 Å². The third-order valence-corrected chi connectivity index (χ3v) is 4.19. The Kier molecular flexibility index (Phi) is 6.43. The Bertz CT molecular complexity index is 584. The van der Waals surface area contributed by atoms with Gasteiger partial charge in [-0.25, -0.2) is 0 Å². The lowest BCUT2D eigenvalue weighted by Crippen LogP contribution is -3.08. The van der Waals surface area contributed by atoms with Crippen LogP contribution in [-0.4, -0.2) is 33.2 Å². The SMILES string of the molecule is COc1ccccc1CCNC(=O)C[NH+](C)Cc1ccsc1. The molecule has 2 aromatic rings. The van der Waals surface area contributed by atoms with Crippen LogP contribution in [-0.2, 0) is 17.8 Å². The fraction of sp³-hybridized carbons (Fsp3) is 0.353. The first-order valence-corrected chi connectivity index (χ1v) is 8.34. The van der Waals surface area contributed by atoms with Crippen molar-refractivity contribution in [2.24, 2.45) is 0 Å². The number of ether oxygens (including phenoxy) is 1. The summed E-state index contributed by atoms with van der Waals surface area (Å²) in [5, 5.41) is 7.17. The molecule has 1 aromatic heterocycles. The van der Waals surface area contributed by atoms with Crippen molar-refractivity contribution >= 4 is 17.2 Å². The van der Waals surface area contributed by atoms with Gasteiger partial charge in [0.2, 0.25) is 0 Å². The summed E-state index contributed by atoms with van der Waals surface area (Å²) in [6.45, 7) is 2.00. The number of carbonyl (C=O) groups is 1. The molecular weight excluding hydrogens is 296 g/mol. The molecule has 1 heterocycles. The van der Waals surface area contributed by atoms with Crippen LogP contribution in [0.5, 0.6) is 5.75 Å². The molecule has 0 fully saturated rings. The molecule has 1 amide bonds. The van der Waals surface area contributed by atoms with Gasteiger partial charge in [0.1, 0.15) is 12.3 Å². The predicted octanol–water partition coefficient (Wildman–Crippen LogP) is 1.13. The number of rotatable bonds is 8. The number of para-hydroxylation sites is 1. The van der Waals surface area contributed by atoms with Gasteiger partial charge < -0.3 is 15.0 Å². The van der Waals surface area contributed by atoms with E-state index in [0.29, 0.717) is 13.1 Å². The average molecular weight is 319 g/mol. The number of benzene rings is 1. The van der Waals surface area contributed by atoms with Crippen LogP contribution >= 0.6 is 11.3 Å². The predicted molar refractivity (Wildman–Crippen MR) is 89.5 cm³/mol. The zero-order valence-electron chi connectivity index (χ0n) is 13.1. The number of hydrogen-bond donors (Lipinski definition) is 2. The van der Waals surface area contributed by atoms with Crippen LogP contribution in [0.2, 0.25) is 0 Å². The minimum atomic E-state index is 0.0858. The fourth-order valence-corrected chi connectivity index (χ4v) is 3.06. The molecule has 0 bridgehead atoms. The van der Waals surface area contributed by atoms with Crippen LogP contribution in [0.1, 0.15) is 11.1 Å². The summed E-state index contributed by atoms with van der Waals surface area (Å²) < 4.78 is 5.31. The molecule has 4 nitrogen and oxygen atoms in total. The van der Waals surface area contributed by atoms with Gasteiger partial charge in [-0.05, 0) is 34.9 Å². The average Bonchev–Trinajstić information content (AvgIpc) is 3.00. The number of quaternary nitrogens is 1. The van der Waals surface area contributed by atoms with Gasteiger partial charge >= 0.3 is 0 Å².